The van der Waals surface area contributed by atoms with Crippen LogP contribution in [0.2, 0.25) is 0 Å². The highest BCUT2D eigenvalue weighted by atomic mass is 16.5. The Morgan fingerprint density at radius 1 is 1.26 bits per heavy atom. The van der Waals surface area contributed by atoms with Gasteiger partial charge in [-0.3, -0.25) is 0 Å². The summed E-state index contributed by atoms with van der Waals surface area (Å²) < 4.78 is 11.2. The normalized spacial score (nSPS) is 18.4. The third-order valence-corrected chi connectivity index (χ3v) is 3.04. The molecule has 1 aromatic heterocycles. The SMILES string of the molecule is Oc1cccc(OC2CCOC2)c1-c1cncnc1. The first-order valence-electron chi connectivity index (χ1n) is 6.16. The molecular formula is C14H14N2O3. The monoisotopic (exact) mass is 258 g/mol. The minimum atomic E-state index is 0.0326. The van der Waals surface area contributed by atoms with Crippen LogP contribution in [0.25, 0.3) is 11.1 Å². The van der Waals surface area contributed by atoms with E-state index in [1.165, 1.54) is 6.33 Å². The van der Waals surface area contributed by atoms with E-state index in [0.717, 1.165) is 12.0 Å². The van der Waals surface area contributed by atoms with E-state index in [4.69, 9.17) is 9.47 Å². The van der Waals surface area contributed by atoms with Crippen molar-refractivity contribution in [3.8, 4) is 22.6 Å². The Morgan fingerprint density at radius 3 is 2.84 bits per heavy atom. The Morgan fingerprint density at radius 2 is 2.11 bits per heavy atom. The van der Waals surface area contributed by atoms with Gasteiger partial charge in [-0.25, -0.2) is 9.97 Å². The maximum Gasteiger partial charge on any atom is 0.131 e. The molecule has 0 saturated carbocycles. The van der Waals surface area contributed by atoms with Gasteiger partial charge in [-0.05, 0) is 12.1 Å². The predicted molar refractivity (Wildman–Crippen MR) is 69.0 cm³/mol. The maximum absolute atomic E-state index is 10.1. The molecule has 1 unspecified atom stereocenters. The van der Waals surface area contributed by atoms with E-state index in [-0.39, 0.29) is 11.9 Å². The van der Waals surface area contributed by atoms with Crippen molar-refractivity contribution >= 4 is 0 Å². The van der Waals surface area contributed by atoms with E-state index >= 15 is 0 Å². The highest BCUT2D eigenvalue weighted by molar-refractivity contribution is 5.75. The molecule has 19 heavy (non-hydrogen) atoms. The molecule has 2 heterocycles. The molecule has 0 spiro atoms. The zero-order chi connectivity index (χ0) is 13.1. The number of aromatic hydroxyl groups is 1. The summed E-state index contributed by atoms with van der Waals surface area (Å²) in [5.41, 5.74) is 1.35. The van der Waals surface area contributed by atoms with Crippen LogP contribution in [0.4, 0.5) is 0 Å². The summed E-state index contributed by atoms with van der Waals surface area (Å²) in [4.78, 5) is 7.95. The number of phenols is 1. The third-order valence-electron chi connectivity index (χ3n) is 3.04. The number of aromatic nitrogens is 2. The first-order chi connectivity index (χ1) is 9.34. The molecule has 0 amide bonds. The molecular weight excluding hydrogens is 244 g/mol. The van der Waals surface area contributed by atoms with E-state index in [1.54, 1.807) is 24.5 Å². The lowest BCUT2D eigenvalue weighted by Gasteiger charge is -2.16. The lowest BCUT2D eigenvalue weighted by Crippen LogP contribution is -2.16. The predicted octanol–water partition coefficient (Wildman–Crippen LogP) is 2.02. The number of benzene rings is 1. The molecule has 0 aliphatic carbocycles. The smallest absolute Gasteiger partial charge is 0.131 e. The fourth-order valence-electron chi connectivity index (χ4n) is 2.12. The Balaban J connectivity index is 1.97. The number of ether oxygens (including phenoxy) is 2. The molecule has 3 rings (SSSR count). The van der Waals surface area contributed by atoms with Gasteiger partial charge in [0, 0.05) is 24.4 Å². The summed E-state index contributed by atoms with van der Waals surface area (Å²) in [7, 11) is 0. The molecule has 1 aliphatic rings. The van der Waals surface area contributed by atoms with E-state index in [0.29, 0.717) is 24.5 Å². The minimum absolute atomic E-state index is 0.0326. The molecule has 5 nitrogen and oxygen atoms in total. The Labute approximate surface area is 110 Å². The van der Waals surface area contributed by atoms with Gasteiger partial charge in [0.15, 0.2) is 0 Å². The van der Waals surface area contributed by atoms with Crippen molar-refractivity contribution in [2.75, 3.05) is 13.2 Å². The standard InChI is InChI=1S/C14H14N2O3/c17-12-2-1-3-13(19-11-4-5-18-8-11)14(12)10-6-15-9-16-7-10/h1-3,6-7,9,11,17H,4-5,8H2. The van der Waals surface area contributed by atoms with Crippen LogP contribution in [0.3, 0.4) is 0 Å². The lowest BCUT2D eigenvalue weighted by molar-refractivity contribution is 0.141. The molecule has 1 fully saturated rings. The van der Waals surface area contributed by atoms with E-state index < -0.39 is 0 Å². The largest absolute Gasteiger partial charge is 0.507 e. The minimum Gasteiger partial charge on any atom is -0.507 e. The summed E-state index contributed by atoms with van der Waals surface area (Å²) >= 11 is 0. The molecule has 0 radical (unpaired) electrons. The second kappa shape index (κ2) is 5.24. The van der Waals surface area contributed by atoms with Crippen LogP contribution in [-0.2, 0) is 4.74 Å². The van der Waals surface area contributed by atoms with Crippen LogP contribution in [0.1, 0.15) is 6.42 Å². The highest BCUT2D eigenvalue weighted by Crippen LogP contribution is 2.37. The first kappa shape index (κ1) is 11.9. The van der Waals surface area contributed by atoms with Gasteiger partial charge in [0.05, 0.1) is 18.8 Å². The third kappa shape index (κ3) is 2.51. The Kier molecular flexibility index (Phi) is 3.29. The van der Waals surface area contributed by atoms with Gasteiger partial charge >= 0.3 is 0 Å². The molecule has 2 aromatic rings. The van der Waals surface area contributed by atoms with Crippen LogP contribution < -0.4 is 4.74 Å². The van der Waals surface area contributed by atoms with Crippen molar-refractivity contribution in [2.45, 2.75) is 12.5 Å². The Bertz CT molecular complexity index is 554. The fourth-order valence-corrected chi connectivity index (χ4v) is 2.12. The zero-order valence-corrected chi connectivity index (χ0v) is 10.3. The summed E-state index contributed by atoms with van der Waals surface area (Å²) in [6.07, 6.45) is 5.65. The second-order valence-corrected chi connectivity index (χ2v) is 4.38. The fraction of sp³-hybridized carbons (Fsp3) is 0.286. The summed E-state index contributed by atoms with van der Waals surface area (Å²) in [6.45, 7) is 1.30. The topological polar surface area (TPSA) is 64.5 Å². The molecule has 0 bridgehead atoms. The van der Waals surface area contributed by atoms with Crippen LogP contribution in [0, 0.1) is 0 Å². The average Bonchev–Trinajstić information content (AvgIpc) is 2.93. The molecule has 1 atom stereocenters. The van der Waals surface area contributed by atoms with Crippen LogP contribution in [0.5, 0.6) is 11.5 Å². The molecule has 98 valence electrons. The molecule has 5 heteroatoms. The number of nitrogens with zero attached hydrogens (tertiary/aromatic N) is 2. The zero-order valence-electron chi connectivity index (χ0n) is 10.3. The van der Waals surface area contributed by atoms with Crippen molar-refractivity contribution in [3.05, 3.63) is 36.9 Å². The molecule has 1 saturated heterocycles. The van der Waals surface area contributed by atoms with Crippen LogP contribution in [0.15, 0.2) is 36.9 Å². The number of phenolic OH excluding ortho intramolecular Hbond substituents is 1. The van der Waals surface area contributed by atoms with E-state index in [2.05, 4.69) is 9.97 Å². The molecule has 1 aliphatic heterocycles. The van der Waals surface area contributed by atoms with Crippen LogP contribution in [-0.4, -0.2) is 34.4 Å². The highest BCUT2D eigenvalue weighted by Gasteiger charge is 2.20. The number of hydrogen-bond acceptors (Lipinski definition) is 5. The average molecular weight is 258 g/mol. The van der Waals surface area contributed by atoms with Crippen molar-refractivity contribution in [1.82, 2.24) is 9.97 Å². The number of rotatable bonds is 3. The maximum atomic E-state index is 10.1. The van der Waals surface area contributed by atoms with Gasteiger partial charge in [-0.1, -0.05) is 6.07 Å². The van der Waals surface area contributed by atoms with Gasteiger partial charge in [0.1, 0.15) is 23.9 Å². The number of hydrogen-bond donors (Lipinski definition) is 1. The van der Waals surface area contributed by atoms with E-state index in [1.807, 2.05) is 6.07 Å². The van der Waals surface area contributed by atoms with Crippen molar-refractivity contribution < 1.29 is 14.6 Å². The second-order valence-electron chi connectivity index (χ2n) is 4.38. The van der Waals surface area contributed by atoms with Gasteiger partial charge in [0.25, 0.3) is 0 Å². The molecule has 1 aromatic carbocycles. The van der Waals surface area contributed by atoms with Gasteiger partial charge in [-0.15, -0.1) is 0 Å². The lowest BCUT2D eigenvalue weighted by atomic mass is 10.1. The van der Waals surface area contributed by atoms with Crippen molar-refractivity contribution in [1.29, 1.82) is 0 Å². The quantitative estimate of drug-likeness (QED) is 0.912. The van der Waals surface area contributed by atoms with Crippen molar-refractivity contribution in [3.63, 3.8) is 0 Å². The van der Waals surface area contributed by atoms with E-state index in [9.17, 15) is 5.11 Å². The summed E-state index contributed by atoms with van der Waals surface area (Å²) in [6, 6.07) is 5.22. The van der Waals surface area contributed by atoms with Crippen LogP contribution >= 0.6 is 0 Å². The first-order valence-corrected chi connectivity index (χ1v) is 6.16. The van der Waals surface area contributed by atoms with Gasteiger partial charge < -0.3 is 14.6 Å². The summed E-state index contributed by atoms with van der Waals surface area (Å²) in [5.74, 6) is 0.788. The van der Waals surface area contributed by atoms with Gasteiger partial charge in [0.2, 0.25) is 0 Å². The molecule has 1 N–H and O–H groups in total. The summed E-state index contributed by atoms with van der Waals surface area (Å²) in [5, 5.41) is 10.1. The van der Waals surface area contributed by atoms with Gasteiger partial charge in [-0.2, -0.15) is 0 Å². The van der Waals surface area contributed by atoms with Crippen molar-refractivity contribution in [2.24, 2.45) is 0 Å². The Hall–Kier alpha value is -2.14.